The molecular weight excluding hydrogens is 296 g/mol. The third-order valence-corrected chi connectivity index (χ3v) is 4.67. The molecule has 0 aromatic heterocycles. The molecule has 0 amide bonds. The summed E-state index contributed by atoms with van der Waals surface area (Å²) >= 11 is 1.56. The average Bonchev–Trinajstić information content (AvgIpc) is 2.40. The van der Waals surface area contributed by atoms with Crippen LogP contribution in [-0.2, 0) is 15.6 Å². The standard InChI is InChI=1S/C14H18O4S2/c1-18-14-6-5-12(10-13(14)4-3-7-15)11-19-8-9-20(2,16)17/h5-6,10,15H,7-9,11H2,1-2H3. The molecule has 0 saturated carbocycles. The molecule has 1 aromatic carbocycles. The molecule has 1 aromatic rings. The van der Waals surface area contributed by atoms with E-state index in [9.17, 15) is 8.42 Å². The zero-order valence-corrected chi connectivity index (χ0v) is 13.2. The van der Waals surface area contributed by atoms with Gasteiger partial charge in [-0.05, 0) is 17.7 Å². The van der Waals surface area contributed by atoms with Crippen LogP contribution in [-0.4, -0.2) is 45.0 Å². The van der Waals surface area contributed by atoms with Crippen molar-refractivity contribution in [2.75, 3.05) is 31.5 Å². The Balaban J connectivity index is 2.67. The molecule has 4 nitrogen and oxygen atoms in total. The van der Waals surface area contributed by atoms with Crippen molar-refractivity contribution in [3.05, 3.63) is 29.3 Å². The number of aliphatic hydroxyl groups excluding tert-OH is 1. The maximum atomic E-state index is 11.0. The lowest BCUT2D eigenvalue weighted by Crippen LogP contribution is -2.05. The molecule has 0 bridgehead atoms. The third-order valence-electron chi connectivity index (χ3n) is 2.43. The Bertz CT molecular complexity index is 597. The third kappa shape index (κ3) is 6.33. The van der Waals surface area contributed by atoms with Crippen LogP contribution in [0.2, 0.25) is 0 Å². The van der Waals surface area contributed by atoms with Crippen molar-refractivity contribution >= 4 is 21.6 Å². The van der Waals surface area contributed by atoms with Crippen LogP contribution in [0.4, 0.5) is 0 Å². The molecule has 110 valence electrons. The number of hydrogen-bond acceptors (Lipinski definition) is 5. The molecule has 0 aliphatic rings. The van der Waals surface area contributed by atoms with E-state index in [1.54, 1.807) is 18.9 Å². The Morgan fingerprint density at radius 3 is 2.75 bits per heavy atom. The van der Waals surface area contributed by atoms with E-state index in [0.29, 0.717) is 17.3 Å². The van der Waals surface area contributed by atoms with Crippen molar-refractivity contribution in [2.24, 2.45) is 0 Å². The largest absolute Gasteiger partial charge is 0.495 e. The molecule has 1 rings (SSSR count). The van der Waals surface area contributed by atoms with Gasteiger partial charge in [0.1, 0.15) is 22.2 Å². The molecule has 0 saturated heterocycles. The summed E-state index contributed by atoms with van der Waals surface area (Å²) in [6.07, 6.45) is 1.24. The Hall–Kier alpha value is -1.16. The Morgan fingerprint density at radius 2 is 2.15 bits per heavy atom. The average molecular weight is 314 g/mol. The molecule has 0 aliphatic carbocycles. The van der Waals surface area contributed by atoms with Gasteiger partial charge >= 0.3 is 0 Å². The lowest BCUT2D eigenvalue weighted by molar-refractivity contribution is 0.350. The zero-order chi connectivity index (χ0) is 15.0. The second-order valence-corrected chi connectivity index (χ2v) is 7.54. The highest BCUT2D eigenvalue weighted by molar-refractivity contribution is 7.99. The van der Waals surface area contributed by atoms with Gasteiger partial charge in [0.05, 0.1) is 18.4 Å². The van der Waals surface area contributed by atoms with Gasteiger partial charge in [-0.15, -0.1) is 0 Å². The molecule has 0 radical (unpaired) electrons. The molecule has 0 spiro atoms. The smallest absolute Gasteiger partial charge is 0.148 e. The van der Waals surface area contributed by atoms with E-state index >= 15 is 0 Å². The molecule has 0 aliphatic heterocycles. The topological polar surface area (TPSA) is 63.6 Å². The summed E-state index contributed by atoms with van der Waals surface area (Å²) in [6, 6.07) is 5.65. The highest BCUT2D eigenvalue weighted by Crippen LogP contribution is 2.21. The number of thioether (sulfide) groups is 1. The molecule has 0 unspecified atom stereocenters. The second-order valence-electron chi connectivity index (χ2n) is 4.18. The van der Waals surface area contributed by atoms with E-state index in [1.807, 2.05) is 18.2 Å². The molecule has 20 heavy (non-hydrogen) atoms. The SMILES string of the molecule is COc1ccc(CSCCS(C)(=O)=O)cc1C#CCO. The maximum Gasteiger partial charge on any atom is 0.148 e. The predicted molar refractivity (Wildman–Crippen MR) is 82.8 cm³/mol. The first-order valence-electron chi connectivity index (χ1n) is 5.98. The summed E-state index contributed by atoms with van der Waals surface area (Å²) in [5.41, 5.74) is 1.77. The van der Waals surface area contributed by atoms with E-state index in [2.05, 4.69) is 11.8 Å². The van der Waals surface area contributed by atoms with E-state index in [4.69, 9.17) is 9.84 Å². The van der Waals surface area contributed by atoms with Gasteiger partial charge in [0.25, 0.3) is 0 Å². The molecule has 1 N–H and O–H groups in total. The Labute approximate surface area is 124 Å². The first kappa shape index (κ1) is 16.9. The van der Waals surface area contributed by atoms with Gasteiger partial charge in [-0.3, -0.25) is 0 Å². The summed E-state index contributed by atoms with van der Waals surface area (Å²) in [5.74, 6) is 7.57. The quantitative estimate of drug-likeness (QED) is 0.634. The van der Waals surface area contributed by atoms with Crippen LogP contribution in [0.25, 0.3) is 0 Å². The van der Waals surface area contributed by atoms with E-state index in [1.165, 1.54) is 6.26 Å². The summed E-state index contributed by atoms with van der Waals surface area (Å²) in [5, 5.41) is 8.73. The monoisotopic (exact) mass is 314 g/mol. The molecule has 0 fully saturated rings. The Morgan fingerprint density at radius 1 is 1.40 bits per heavy atom. The number of rotatable bonds is 6. The van der Waals surface area contributed by atoms with Gasteiger partial charge in [0.2, 0.25) is 0 Å². The van der Waals surface area contributed by atoms with Crippen LogP contribution in [0.5, 0.6) is 5.75 Å². The van der Waals surface area contributed by atoms with Crippen molar-refractivity contribution in [1.29, 1.82) is 0 Å². The summed E-state index contributed by atoms with van der Waals surface area (Å²) in [6.45, 7) is -0.198. The predicted octanol–water partition coefficient (Wildman–Crippen LogP) is 1.32. The summed E-state index contributed by atoms with van der Waals surface area (Å²) in [7, 11) is -1.33. The first-order chi connectivity index (χ1) is 9.46. The lowest BCUT2D eigenvalue weighted by Gasteiger charge is -2.06. The van der Waals surface area contributed by atoms with Crippen LogP contribution >= 0.6 is 11.8 Å². The van der Waals surface area contributed by atoms with Crippen LogP contribution in [0, 0.1) is 11.8 Å². The van der Waals surface area contributed by atoms with Crippen LogP contribution in [0.3, 0.4) is 0 Å². The fourth-order valence-electron chi connectivity index (χ4n) is 1.48. The molecule has 0 heterocycles. The number of benzene rings is 1. The van der Waals surface area contributed by atoms with Crippen LogP contribution < -0.4 is 4.74 Å². The fourth-order valence-corrected chi connectivity index (χ4v) is 3.72. The minimum Gasteiger partial charge on any atom is -0.495 e. The van der Waals surface area contributed by atoms with Gasteiger partial charge < -0.3 is 9.84 Å². The Kier molecular flexibility index (Phi) is 6.93. The highest BCUT2D eigenvalue weighted by atomic mass is 32.2. The van der Waals surface area contributed by atoms with Crippen molar-refractivity contribution in [1.82, 2.24) is 0 Å². The maximum absolute atomic E-state index is 11.0. The number of aliphatic hydroxyl groups is 1. The van der Waals surface area contributed by atoms with Gasteiger partial charge in [-0.25, -0.2) is 8.42 Å². The summed E-state index contributed by atoms with van der Waals surface area (Å²) < 4.78 is 27.3. The normalized spacial score (nSPS) is 10.8. The highest BCUT2D eigenvalue weighted by Gasteiger charge is 2.04. The number of hydrogen-bond donors (Lipinski definition) is 1. The van der Waals surface area contributed by atoms with Crippen molar-refractivity contribution in [3.8, 4) is 17.6 Å². The molecule has 0 atom stereocenters. The fraction of sp³-hybridized carbons (Fsp3) is 0.429. The van der Waals surface area contributed by atoms with Gasteiger partial charge in [-0.2, -0.15) is 11.8 Å². The lowest BCUT2D eigenvalue weighted by atomic mass is 10.1. The number of sulfone groups is 1. The molecule has 6 heteroatoms. The van der Waals surface area contributed by atoms with Crippen molar-refractivity contribution in [2.45, 2.75) is 5.75 Å². The minimum atomic E-state index is -2.90. The molecular formula is C14H18O4S2. The van der Waals surface area contributed by atoms with Crippen LogP contribution in [0.15, 0.2) is 18.2 Å². The van der Waals surface area contributed by atoms with Crippen molar-refractivity contribution in [3.63, 3.8) is 0 Å². The van der Waals surface area contributed by atoms with Crippen LogP contribution in [0.1, 0.15) is 11.1 Å². The minimum absolute atomic E-state index is 0.186. The van der Waals surface area contributed by atoms with Gasteiger partial charge in [0, 0.05) is 17.8 Å². The number of methoxy groups -OCH3 is 1. The van der Waals surface area contributed by atoms with Gasteiger partial charge in [-0.1, -0.05) is 17.9 Å². The second kappa shape index (κ2) is 8.20. The zero-order valence-electron chi connectivity index (χ0n) is 11.5. The van der Waals surface area contributed by atoms with Gasteiger partial charge in [0.15, 0.2) is 0 Å². The van der Waals surface area contributed by atoms with E-state index in [-0.39, 0.29) is 12.4 Å². The summed E-state index contributed by atoms with van der Waals surface area (Å²) in [4.78, 5) is 0. The van der Waals surface area contributed by atoms with E-state index < -0.39 is 9.84 Å². The number of ether oxygens (including phenoxy) is 1. The van der Waals surface area contributed by atoms with Crippen molar-refractivity contribution < 1.29 is 18.3 Å². The van der Waals surface area contributed by atoms with E-state index in [0.717, 1.165) is 11.1 Å². The first-order valence-corrected chi connectivity index (χ1v) is 9.20.